The van der Waals surface area contributed by atoms with Crippen LogP contribution in [0.15, 0.2) is 60.0 Å². The van der Waals surface area contributed by atoms with Crippen molar-refractivity contribution >= 4 is 35.2 Å². The number of ether oxygens (including phenoxy) is 1. The smallest absolute Gasteiger partial charge is 0.260 e. The number of rotatable bonds is 5. The summed E-state index contributed by atoms with van der Waals surface area (Å²) in [4.78, 5) is 27.6. The maximum Gasteiger partial charge on any atom is 0.260 e. The van der Waals surface area contributed by atoms with Crippen molar-refractivity contribution in [1.82, 2.24) is 19.7 Å². The van der Waals surface area contributed by atoms with E-state index >= 15 is 0 Å². The highest BCUT2D eigenvalue weighted by atomic mass is 35.5. The molecule has 9 heteroatoms. The summed E-state index contributed by atoms with van der Waals surface area (Å²) in [7, 11) is 1.60. The monoisotopic (exact) mass is 456 g/mol. The van der Waals surface area contributed by atoms with Gasteiger partial charge in [-0.05, 0) is 49.2 Å². The number of para-hydroxylation sites is 2. The number of thioether (sulfide) groups is 1. The van der Waals surface area contributed by atoms with E-state index in [-0.39, 0.29) is 11.8 Å². The molecule has 1 aliphatic heterocycles. The first-order valence-corrected chi connectivity index (χ1v) is 11.2. The Morgan fingerprint density at radius 3 is 2.71 bits per heavy atom. The summed E-state index contributed by atoms with van der Waals surface area (Å²) in [5.74, 6) is 0.160. The minimum absolute atomic E-state index is 0.211. The van der Waals surface area contributed by atoms with E-state index in [1.165, 1.54) is 16.7 Å². The first-order chi connectivity index (χ1) is 15.1. The minimum Gasteiger partial charge on any atom is -0.495 e. The third kappa shape index (κ3) is 4.60. The second-order valence-corrected chi connectivity index (χ2v) is 8.67. The highest BCUT2D eigenvalue weighted by molar-refractivity contribution is 8.00. The lowest BCUT2D eigenvalue weighted by Crippen LogP contribution is -2.41. The molecule has 0 unspecified atom stereocenters. The third-order valence-corrected chi connectivity index (χ3v) is 6.55. The number of amides is 2. The number of aromatic nitrogens is 3. The normalized spacial score (nSPS) is 16.8. The molecule has 2 aromatic carbocycles. The largest absolute Gasteiger partial charge is 0.495 e. The van der Waals surface area contributed by atoms with Gasteiger partial charge in [0.2, 0.25) is 5.91 Å². The van der Waals surface area contributed by atoms with Gasteiger partial charge in [-0.1, -0.05) is 41.9 Å². The molecule has 4 rings (SSSR count). The summed E-state index contributed by atoms with van der Waals surface area (Å²) in [6, 6.07) is 14.1. The van der Waals surface area contributed by atoms with Gasteiger partial charge in [-0.15, -0.1) is 10.2 Å². The van der Waals surface area contributed by atoms with Crippen molar-refractivity contribution in [3.05, 3.63) is 65.4 Å². The third-order valence-electron chi connectivity index (χ3n) is 5.08. The van der Waals surface area contributed by atoms with Crippen molar-refractivity contribution in [3.8, 4) is 11.4 Å². The predicted octanol–water partition coefficient (Wildman–Crippen LogP) is 4.24. The highest BCUT2D eigenvalue weighted by Gasteiger charge is 2.33. The average Bonchev–Trinajstić information content (AvgIpc) is 3.17. The van der Waals surface area contributed by atoms with Gasteiger partial charge in [0.25, 0.3) is 5.91 Å². The number of carbonyl (C=O) groups excluding carboxylic acids is 2. The van der Waals surface area contributed by atoms with Gasteiger partial charge in [-0.2, -0.15) is 0 Å². The number of hydrogen-bond acceptors (Lipinski definition) is 6. The van der Waals surface area contributed by atoms with Gasteiger partial charge in [0.1, 0.15) is 12.1 Å². The molecule has 1 saturated heterocycles. The van der Waals surface area contributed by atoms with E-state index in [1.807, 2.05) is 24.3 Å². The Labute approximate surface area is 189 Å². The van der Waals surface area contributed by atoms with Crippen LogP contribution in [0.1, 0.15) is 29.6 Å². The van der Waals surface area contributed by atoms with Crippen LogP contribution in [0.25, 0.3) is 5.69 Å². The summed E-state index contributed by atoms with van der Waals surface area (Å²) < 4.78 is 7.24. The molecule has 2 heterocycles. The molecule has 31 heavy (non-hydrogen) atoms. The van der Waals surface area contributed by atoms with Gasteiger partial charge in [0, 0.05) is 17.1 Å². The fourth-order valence-electron chi connectivity index (χ4n) is 3.49. The molecule has 7 nitrogen and oxygen atoms in total. The molecule has 0 N–H and O–H groups in total. The summed E-state index contributed by atoms with van der Waals surface area (Å²) in [5, 5.41) is 8.93. The Bertz CT molecular complexity index is 1090. The van der Waals surface area contributed by atoms with E-state index < -0.39 is 5.25 Å². The number of imide groups is 1. The zero-order valence-electron chi connectivity index (χ0n) is 16.9. The zero-order chi connectivity index (χ0) is 21.8. The van der Waals surface area contributed by atoms with E-state index in [1.54, 1.807) is 42.3 Å². The molecular weight excluding hydrogens is 436 g/mol. The second kappa shape index (κ2) is 9.53. The lowest BCUT2D eigenvalue weighted by molar-refractivity contribution is -0.127. The molecular formula is C22H21ClN4O3S. The molecule has 0 aliphatic carbocycles. The van der Waals surface area contributed by atoms with Crippen molar-refractivity contribution in [2.45, 2.75) is 29.7 Å². The Kier molecular flexibility index (Phi) is 6.58. The van der Waals surface area contributed by atoms with Crippen LogP contribution < -0.4 is 4.74 Å². The lowest BCUT2D eigenvalue weighted by Gasteiger charge is -2.22. The molecule has 1 aliphatic rings. The Hall–Kier alpha value is -2.84. The van der Waals surface area contributed by atoms with E-state index in [0.717, 1.165) is 18.5 Å². The van der Waals surface area contributed by atoms with Crippen molar-refractivity contribution in [1.29, 1.82) is 0 Å². The second-order valence-electron chi connectivity index (χ2n) is 7.06. The van der Waals surface area contributed by atoms with E-state index in [9.17, 15) is 9.59 Å². The van der Waals surface area contributed by atoms with Gasteiger partial charge in [0.15, 0.2) is 5.16 Å². The Morgan fingerprint density at radius 2 is 1.94 bits per heavy atom. The molecule has 3 aromatic rings. The summed E-state index contributed by atoms with van der Waals surface area (Å²) in [5.41, 5.74) is 1.23. The van der Waals surface area contributed by atoms with E-state index in [2.05, 4.69) is 10.2 Å². The topological polar surface area (TPSA) is 77.3 Å². The van der Waals surface area contributed by atoms with Crippen molar-refractivity contribution in [2.75, 3.05) is 13.7 Å². The summed E-state index contributed by atoms with van der Waals surface area (Å²) in [6.45, 7) is 0.399. The summed E-state index contributed by atoms with van der Waals surface area (Å²) in [6.07, 6.45) is 3.86. The number of hydrogen-bond donors (Lipinski definition) is 0. The average molecular weight is 457 g/mol. The number of halogens is 1. The molecule has 160 valence electrons. The fraction of sp³-hybridized carbons (Fsp3) is 0.273. The van der Waals surface area contributed by atoms with Crippen LogP contribution in [0.4, 0.5) is 0 Å². The molecule has 1 aromatic heterocycles. The van der Waals surface area contributed by atoms with Crippen LogP contribution >= 0.6 is 23.4 Å². The summed E-state index contributed by atoms with van der Waals surface area (Å²) >= 11 is 7.25. The van der Waals surface area contributed by atoms with Crippen molar-refractivity contribution in [2.24, 2.45) is 0 Å². The number of nitrogens with zero attached hydrogens (tertiary/aromatic N) is 4. The zero-order valence-corrected chi connectivity index (χ0v) is 18.5. The molecule has 0 radical (unpaired) electrons. The van der Waals surface area contributed by atoms with Gasteiger partial charge < -0.3 is 4.74 Å². The SMILES string of the molecule is COc1ccccc1-n1cnnc1S[C@@H]1CCCCN(C(=O)c2ccc(Cl)cc2)C1=O. The standard InChI is InChI=1S/C22H21ClN4O3S/c1-30-18-7-3-2-6-17(18)27-14-24-25-22(27)31-19-8-4-5-13-26(21(19)29)20(28)15-9-11-16(23)12-10-15/h2-3,6-7,9-12,14,19H,4-5,8,13H2,1H3/t19-/m1/s1. The van der Waals surface area contributed by atoms with Gasteiger partial charge >= 0.3 is 0 Å². The Balaban J connectivity index is 1.58. The first kappa shape index (κ1) is 21.4. The van der Waals surface area contributed by atoms with Crippen molar-refractivity contribution in [3.63, 3.8) is 0 Å². The van der Waals surface area contributed by atoms with Crippen LogP contribution in [0.2, 0.25) is 5.02 Å². The van der Waals surface area contributed by atoms with Crippen LogP contribution in [0.3, 0.4) is 0 Å². The quantitative estimate of drug-likeness (QED) is 0.534. The van der Waals surface area contributed by atoms with Crippen LogP contribution in [-0.4, -0.2) is 50.4 Å². The minimum atomic E-state index is -0.434. The van der Waals surface area contributed by atoms with E-state index in [0.29, 0.717) is 34.5 Å². The molecule has 0 saturated carbocycles. The number of benzene rings is 2. The Morgan fingerprint density at radius 1 is 1.16 bits per heavy atom. The maximum atomic E-state index is 13.3. The van der Waals surface area contributed by atoms with Crippen LogP contribution in [0.5, 0.6) is 5.75 Å². The van der Waals surface area contributed by atoms with Crippen molar-refractivity contribution < 1.29 is 14.3 Å². The molecule has 1 atom stereocenters. The number of carbonyl (C=O) groups is 2. The first-order valence-electron chi connectivity index (χ1n) is 9.90. The van der Waals surface area contributed by atoms with Crippen LogP contribution in [-0.2, 0) is 4.79 Å². The maximum absolute atomic E-state index is 13.3. The predicted molar refractivity (Wildman–Crippen MR) is 119 cm³/mol. The van der Waals surface area contributed by atoms with Gasteiger partial charge in [-0.25, -0.2) is 0 Å². The number of methoxy groups -OCH3 is 1. The van der Waals surface area contributed by atoms with Gasteiger partial charge in [0.05, 0.1) is 18.0 Å². The molecule has 0 spiro atoms. The van der Waals surface area contributed by atoms with Crippen LogP contribution in [0, 0.1) is 0 Å². The molecule has 2 amide bonds. The molecule has 0 bridgehead atoms. The highest BCUT2D eigenvalue weighted by Crippen LogP contribution is 2.32. The number of likely N-dealkylation sites (tertiary alicyclic amines) is 1. The van der Waals surface area contributed by atoms with E-state index in [4.69, 9.17) is 16.3 Å². The van der Waals surface area contributed by atoms with Gasteiger partial charge in [-0.3, -0.25) is 19.1 Å². The fourth-order valence-corrected chi connectivity index (χ4v) is 4.74. The lowest BCUT2D eigenvalue weighted by atomic mass is 10.2. The molecule has 1 fully saturated rings.